The van der Waals surface area contributed by atoms with Gasteiger partial charge in [0, 0.05) is 12.6 Å². The van der Waals surface area contributed by atoms with E-state index in [4.69, 9.17) is 14.2 Å². The number of amides is 1. The summed E-state index contributed by atoms with van der Waals surface area (Å²) in [7, 11) is 1.39. The van der Waals surface area contributed by atoms with Gasteiger partial charge in [-0.2, -0.15) is 0 Å². The number of thiophene rings is 1. The van der Waals surface area contributed by atoms with Crippen molar-refractivity contribution >= 4 is 29.4 Å². The van der Waals surface area contributed by atoms with Gasteiger partial charge in [-0.15, -0.1) is 11.3 Å². The van der Waals surface area contributed by atoms with E-state index in [1.165, 1.54) is 7.05 Å². The highest BCUT2D eigenvalue weighted by atomic mass is 32.1. The minimum absolute atomic E-state index is 0.0147. The molecule has 1 rings (SSSR count). The van der Waals surface area contributed by atoms with Gasteiger partial charge in [-0.25, -0.2) is 14.4 Å². The molecule has 8 heteroatoms. The Morgan fingerprint density at radius 3 is 2.05 bits per heavy atom. The van der Waals surface area contributed by atoms with Gasteiger partial charge in [0.25, 0.3) is 0 Å². The summed E-state index contributed by atoms with van der Waals surface area (Å²) in [5, 5.41) is 2.28. The lowest BCUT2D eigenvalue weighted by Gasteiger charge is -2.06. The number of hydrogen-bond donors (Lipinski definition) is 1. The van der Waals surface area contributed by atoms with Gasteiger partial charge in [0.05, 0.1) is 13.2 Å². The third-order valence-electron chi connectivity index (χ3n) is 2.41. The number of ether oxygens (including phenoxy) is 3. The van der Waals surface area contributed by atoms with Gasteiger partial charge in [-0.1, -0.05) is 0 Å². The third kappa shape index (κ3) is 3.94. The molecule has 0 radical (unpaired) electrons. The van der Waals surface area contributed by atoms with E-state index < -0.39 is 18.0 Å². The Morgan fingerprint density at radius 2 is 1.57 bits per heavy atom. The molecule has 1 aromatic heterocycles. The molecule has 7 nitrogen and oxygen atoms in total. The monoisotopic (exact) mass is 315 g/mol. The molecule has 0 aliphatic heterocycles. The quantitative estimate of drug-likeness (QED) is 0.837. The summed E-state index contributed by atoms with van der Waals surface area (Å²) in [6.45, 7) is 5.28. The van der Waals surface area contributed by atoms with Crippen LogP contribution >= 0.6 is 11.3 Å². The van der Waals surface area contributed by atoms with Crippen LogP contribution in [0.1, 0.15) is 38.8 Å². The lowest BCUT2D eigenvalue weighted by Crippen LogP contribution is -2.23. The number of hydrogen-bond acceptors (Lipinski definition) is 7. The van der Waals surface area contributed by atoms with Crippen molar-refractivity contribution in [3.63, 3.8) is 0 Å². The molecule has 0 bridgehead atoms. The Balaban J connectivity index is 3.25. The van der Waals surface area contributed by atoms with Crippen LogP contribution in [0.2, 0.25) is 0 Å². The Kier molecular flexibility index (Phi) is 6.16. The molecule has 0 aromatic carbocycles. The second kappa shape index (κ2) is 7.63. The van der Waals surface area contributed by atoms with Crippen LogP contribution in [-0.4, -0.2) is 38.3 Å². The first-order valence-electron chi connectivity index (χ1n) is 6.33. The number of rotatable bonds is 5. The number of carbonyl (C=O) groups is 3. The molecule has 1 heterocycles. The standard InChI is InChI=1S/C13H17NO6S/c1-5-18-11(15)9-7(3)8(20-13(17)14-4)10(21-9)12(16)19-6-2/h5-6H2,1-4H3,(H,14,17). The summed E-state index contributed by atoms with van der Waals surface area (Å²) >= 11 is 0.881. The van der Waals surface area contributed by atoms with Crippen molar-refractivity contribution in [3.8, 4) is 5.75 Å². The maximum atomic E-state index is 11.9. The summed E-state index contributed by atoms with van der Waals surface area (Å²) in [5.74, 6) is -1.21. The zero-order valence-corrected chi connectivity index (χ0v) is 13.1. The topological polar surface area (TPSA) is 90.9 Å². The van der Waals surface area contributed by atoms with Crippen LogP contribution in [0.3, 0.4) is 0 Å². The predicted octanol–water partition coefficient (Wildman–Crippen LogP) is 2.13. The Labute approximate surface area is 126 Å². The number of esters is 2. The molecule has 0 unspecified atom stereocenters. The number of carbonyl (C=O) groups excluding carboxylic acids is 3. The van der Waals surface area contributed by atoms with E-state index in [2.05, 4.69) is 5.32 Å². The smallest absolute Gasteiger partial charge is 0.412 e. The molecule has 0 fully saturated rings. The van der Waals surface area contributed by atoms with Crippen molar-refractivity contribution in [1.29, 1.82) is 0 Å². The van der Waals surface area contributed by atoms with Gasteiger partial charge in [0.2, 0.25) is 0 Å². The molecule has 1 amide bonds. The fourth-order valence-electron chi connectivity index (χ4n) is 1.49. The van der Waals surface area contributed by atoms with Crippen LogP contribution in [0.15, 0.2) is 0 Å². The van der Waals surface area contributed by atoms with Crippen molar-refractivity contribution in [2.75, 3.05) is 20.3 Å². The third-order valence-corrected chi connectivity index (χ3v) is 3.65. The Bertz CT molecular complexity index is 551. The summed E-state index contributed by atoms with van der Waals surface area (Å²) < 4.78 is 14.9. The molecule has 0 spiro atoms. The average Bonchev–Trinajstić information content (AvgIpc) is 2.77. The van der Waals surface area contributed by atoms with Crippen molar-refractivity contribution in [1.82, 2.24) is 5.32 Å². The number of nitrogens with one attached hydrogen (secondary N) is 1. The molecule has 21 heavy (non-hydrogen) atoms. The van der Waals surface area contributed by atoms with Gasteiger partial charge in [0.15, 0.2) is 10.6 Å². The Hall–Kier alpha value is -2.09. The normalized spacial score (nSPS) is 9.90. The first-order valence-corrected chi connectivity index (χ1v) is 7.15. The lowest BCUT2D eigenvalue weighted by atomic mass is 10.2. The first-order chi connectivity index (χ1) is 9.96. The molecule has 0 saturated heterocycles. The van der Waals surface area contributed by atoms with Gasteiger partial charge in [-0.3, -0.25) is 0 Å². The molecular formula is C13H17NO6S. The predicted molar refractivity (Wildman–Crippen MR) is 76.1 cm³/mol. The summed E-state index contributed by atoms with van der Waals surface area (Å²) in [6.07, 6.45) is -0.739. The molecule has 0 saturated carbocycles. The minimum atomic E-state index is -0.739. The Morgan fingerprint density at radius 1 is 1.05 bits per heavy atom. The van der Waals surface area contributed by atoms with Crippen molar-refractivity contribution in [2.24, 2.45) is 0 Å². The molecule has 1 aromatic rings. The highest BCUT2D eigenvalue weighted by Crippen LogP contribution is 2.36. The van der Waals surface area contributed by atoms with Crippen LogP contribution in [0.25, 0.3) is 0 Å². The van der Waals surface area contributed by atoms with E-state index in [-0.39, 0.29) is 28.7 Å². The van der Waals surface area contributed by atoms with Crippen molar-refractivity contribution < 1.29 is 28.6 Å². The zero-order valence-electron chi connectivity index (χ0n) is 12.3. The second-order valence-corrected chi connectivity index (χ2v) is 4.82. The highest BCUT2D eigenvalue weighted by molar-refractivity contribution is 7.16. The fraction of sp³-hybridized carbons (Fsp3) is 0.462. The van der Waals surface area contributed by atoms with Crippen LogP contribution in [-0.2, 0) is 9.47 Å². The molecule has 1 N–H and O–H groups in total. The SMILES string of the molecule is CCOC(=O)c1sc(C(=O)OCC)c(OC(=O)NC)c1C. The van der Waals surface area contributed by atoms with Crippen LogP contribution in [0.5, 0.6) is 5.75 Å². The maximum Gasteiger partial charge on any atom is 0.412 e. The van der Waals surface area contributed by atoms with Crippen molar-refractivity contribution in [2.45, 2.75) is 20.8 Å². The van der Waals surface area contributed by atoms with Crippen LogP contribution in [0.4, 0.5) is 4.79 Å². The van der Waals surface area contributed by atoms with E-state index in [0.717, 1.165) is 11.3 Å². The molecular weight excluding hydrogens is 298 g/mol. The van der Waals surface area contributed by atoms with Crippen LogP contribution < -0.4 is 10.1 Å². The summed E-state index contributed by atoms with van der Waals surface area (Å²) in [6, 6.07) is 0. The van der Waals surface area contributed by atoms with Crippen molar-refractivity contribution in [3.05, 3.63) is 15.3 Å². The maximum absolute atomic E-state index is 11.9. The van der Waals surface area contributed by atoms with E-state index in [0.29, 0.717) is 5.56 Å². The van der Waals surface area contributed by atoms with Crippen LogP contribution in [0, 0.1) is 6.92 Å². The fourth-order valence-corrected chi connectivity index (χ4v) is 2.51. The average molecular weight is 315 g/mol. The minimum Gasteiger partial charge on any atom is -0.462 e. The largest absolute Gasteiger partial charge is 0.462 e. The second-order valence-electron chi connectivity index (χ2n) is 3.79. The highest BCUT2D eigenvalue weighted by Gasteiger charge is 2.28. The van der Waals surface area contributed by atoms with Gasteiger partial charge in [-0.05, 0) is 20.8 Å². The molecule has 0 aliphatic carbocycles. The molecule has 0 aliphatic rings. The zero-order chi connectivity index (χ0) is 16.0. The summed E-state index contributed by atoms with van der Waals surface area (Å²) in [4.78, 5) is 35.4. The van der Waals surface area contributed by atoms with Gasteiger partial charge >= 0.3 is 18.0 Å². The van der Waals surface area contributed by atoms with E-state index >= 15 is 0 Å². The van der Waals surface area contributed by atoms with E-state index in [9.17, 15) is 14.4 Å². The van der Waals surface area contributed by atoms with E-state index in [1.54, 1.807) is 20.8 Å². The van der Waals surface area contributed by atoms with Gasteiger partial charge < -0.3 is 19.5 Å². The lowest BCUT2D eigenvalue weighted by molar-refractivity contribution is 0.0521. The van der Waals surface area contributed by atoms with Gasteiger partial charge in [0.1, 0.15) is 4.88 Å². The molecule has 116 valence electrons. The summed E-state index contributed by atoms with van der Waals surface area (Å²) in [5.41, 5.74) is 0.366. The molecule has 0 atom stereocenters. The first kappa shape index (κ1) is 17.0. The van der Waals surface area contributed by atoms with E-state index in [1.807, 2.05) is 0 Å².